The molecule has 20 heavy (non-hydrogen) atoms. The number of benzene rings is 1. The van der Waals surface area contributed by atoms with E-state index in [4.69, 9.17) is 10.6 Å². The van der Waals surface area contributed by atoms with Crippen molar-refractivity contribution in [2.24, 2.45) is 5.84 Å². The summed E-state index contributed by atoms with van der Waals surface area (Å²) in [5.74, 6) is 6.58. The zero-order valence-corrected chi connectivity index (χ0v) is 12.0. The first-order valence-corrected chi connectivity index (χ1v) is 6.88. The van der Waals surface area contributed by atoms with Gasteiger partial charge in [-0.3, -0.25) is 16.0 Å². The highest BCUT2D eigenvalue weighted by atomic mass is 16.5. The number of aromatic nitrogens is 2. The zero-order valence-electron chi connectivity index (χ0n) is 12.0. The van der Waals surface area contributed by atoms with Crippen molar-refractivity contribution in [2.45, 2.75) is 32.4 Å². The molecular weight excluding hydrogens is 252 g/mol. The van der Waals surface area contributed by atoms with Gasteiger partial charge in [-0.2, -0.15) is 5.10 Å². The number of nitrogens with zero attached hydrogens (tertiary/aromatic N) is 2. The second kappa shape index (κ2) is 7.07. The van der Waals surface area contributed by atoms with E-state index in [2.05, 4.69) is 23.5 Å². The number of hydrogen-bond donors (Lipinski definition) is 2. The summed E-state index contributed by atoms with van der Waals surface area (Å²) in [6.45, 7) is 3.06. The molecule has 0 aliphatic carbocycles. The van der Waals surface area contributed by atoms with Crippen LogP contribution in [0.15, 0.2) is 36.7 Å². The molecule has 5 heteroatoms. The van der Waals surface area contributed by atoms with Crippen molar-refractivity contribution >= 4 is 0 Å². The van der Waals surface area contributed by atoms with Gasteiger partial charge in [0.1, 0.15) is 5.75 Å². The Kier molecular flexibility index (Phi) is 5.15. The fourth-order valence-electron chi connectivity index (χ4n) is 2.28. The van der Waals surface area contributed by atoms with Gasteiger partial charge in [-0.15, -0.1) is 0 Å². The maximum absolute atomic E-state index is 5.70. The molecule has 0 amide bonds. The van der Waals surface area contributed by atoms with Crippen LogP contribution in [0.2, 0.25) is 0 Å². The number of para-hydroxylation sites is 1. The van der Waals surface area contributed by atoms with E-state index in [9.17, 15) is 0 Å². The minimum absolute atomic E-state index is 0.0249. The predicted molar refractivity (Wildman–Crippen MR) is 79.3 cm³/mol. The number of methoxy groups -OCH3 is 1. The van der Waals surface area contributed by atoms with Gasteiger partial charge in [0.25, 0.3) is 0 Å². The quantitative estimate of drug-likeness (QED) is 0.599. The van der Waals surface area contributed by atoms with Gasteiger partial charge in [0.15, 0.2) is 0 Å². The average molecular weight is 274 g/mol. The molecule has 1 heterocycles. The van der Waals surface area contributed by atoms with Gasteiger partial charge >= 0.3 is 0 Å². The van der Waals surface area contributed by atoms with E-state index in [1.807, 2.05) is 35.3 Å². The number of nitrogens with two attached hydrogens (primary N) is 1. The normalized spacial score (nSPS) is 12.3. The average Bonchev–Trinajstić information content (AvgIpc) is 2.94. The first kappa shape index (κ1) is 14.6. The summed E-state index contributed by atoms with van der Waals surface area (Å²) in [4.78, 5) is 0. The lowest BCUT2D eigenvalue weighted by Crippen LogP contribution is -2.29. The smallest absolute Gasteiger partial charge is 0.122 e. The summed E-state index contributed by atoms with van der Waals surface area (Å²) in [5.41, 5.74) is 5.08. The maximum atomic E-state index is 5.70. The van der Waals surface area contributed by atoms with Gasteiger partial charge < -0.3 is 4.74 Å². The maximum Gasteiger partial charge on any atom is 0.122 e. The number of rotatable bonds is 7. The molecule has 2 aromatic rings. The molecule has 0 bridgehead atoms. The standard InChI is InChI=1S/C15H22N4O/c1-3-8-19-11-13(10-17-19)14(18-16)9-12-6-4-5-7-15(12)20-2/h4-7,10-11,14,18H,3,8-9,16H2,1-2H3. The topological polar surface area (TPSA) is 65.1 Å². The highest BCUT2D eigenvalue weighted by molar-refractivity contribution is 5.34. The second-order valence-corrected chi connectivity index (χ2v) is 4.77. The molecule has 0 fully saturated rings. The van der Waals surface area contributed by atoms with Crippen LogP contribution in [-0.2, 0) is 13.0 Å². The Balaban J connectivity index is 2.15. The van der Waals surface area contributed by atoms with E-state index in [1.54, 1.807) is 7.11 Å². The van der Waals surface area contributed by atoms with Crippen LogP contribution in [0.4, 0.5) is 0 Å². The van der Waals surface area contributed by atoms with Crippen LogP contribution in [0.1, 0.15) is 30.5 Å². The van der Waals surface area contributed by atoms with Crippen LogP contribution in [0.25, 0.3) is 0 Å². The van der Waals surface area contributed by atoms with Crippen LogP contribution in [-0.4, -0.2) is 16.9 Å². The van der Waals surface area contributed by atoms with Crippen molar-refractivity contribution < 1.29 is 4.74 Å². The molecule has 5 nitrogen and oxygen atoms in total. The Labute approximate surface area is 119 Å². The van der Waals surface area contributed by atoms with E-state index in [0.29, 0.717) is 0 Å². The molecule has 1 aromatic heterocycles. The third kappa shape index (κ3) is 3.37. The van der Waals surface area contributed by atoms with Crippen molar-refractivity contribution in [3.63, 3.8) is 0 Å². The molecule has 0 saturated carbocycles. The van der Waals surface area contributed by atoms with E-state index >= 15 is 0 Å². The lowest BCUT2D eigenvalue weighted by Gasteiger charge is -2.16. The molecular formula is C15H22N4O. The monoisotopic (exact) mass is 274 g/mol. The van der Waals surface area contributed by atoms with Crippen molar-refractivity contribution in [3.8, 4) is 5.75 Å². The lowest BCUT2D eigenvalue weighted by molar-refractivity contribution is 0.405. The van der Waals surface area contributed by atoms with Gasteiger partial charge in [0, 0.05) is 18.3 Å². The first-order chi connectivity index (χ1) is 9.78. The Morgan fingerprint density at radius 3 is 2.90 bits per heavy atom. The summed E-state index contributed by atoms with van der Waals surface area (Å²) in [6, 6.07) is 8.01. The van der Waals surface area contributed by atoms with Gasteiger partial charge in [0.2, 0.25) is 0 Å². The fraction of sp³-hybridized carbons (Fsp3) is 0.400. The van der Waals surface area contributed by atoms with Gasteiger partial charge in [-0.05, 0) is 24.5 Å². The predicted octanol–water partition coefficient (Wildman–Crippen LogP) is 2.05. The van der Waals surface area contributed by atoms with E-state index in [0.717, 1.165) is 36.3 Å². The van der Waals surface area contributed by atoms with Crippen molar-refractivity contribution in [1.82, 2.24) is 15.2 Å². The molecule has 3 N–H and O–H groups in total. The van der Waals surface area contributed by atoms with Crippen molar-refractivity contribution in [2.75, 3.05) is 7.11 Å². The van der Waals surface area contributed by atoms with E-state index < -0.39 is 0 Å². The summed E-state index contributed by atoms with van der Waals surface area (Å²) in [5, 5.41) is 4.35. The Hall–Kier alpha value is -1.85. The summed E-state index contributed by atoms with van der Waals surface area (Å²) < 4.78 is 7.33. The number of hydrogen-bond acceptors (Lipinski definition) is 4. The largest absolute Gasteiger partial charge is 0.496 e. The zero-order chi connectivity index (χ0) is 14.4. The van der Waals surface area contributed by atoms with Gasteiger partial charge in [0.05, 0.1) is 19.3 Å². The van der Waals surface area contributed by atoms with E-state index in [-0.39, 0.29) is 6.04 Å². The molecule has 0 radical (unpaired) electrons. The highest BCUT2D eigenvalue weighted by Gasteiger charge is 2.15. The molecule has 2 rings (SSSR count). The highest BCUT2D eigenvalue weighted by Crippen LogP contribution is 2.24. The summed E-state index contributed by atoms with van der Waals surface area (Å²) in [7, 11) is 1.68. The molecule has 0 saturated heterocycles. The third-order valence-electron chi connectivity index (χ3n) is 3.33. The van der Waals surface area contributed by atoms with Crippen LogP contribution < -0.4 is 16.0 Å². The minimum atomic E-state index is 0.0249. The number of ether oxygens (including phenoxy) is 1. The Morgan fingerprint density at radius 1 is 1.40 bits per heavy atom. The number of aryl methyl sites for hydroxylation is 1. The summed E-state index contributed by atoms with van der Waals surface area (Å²) >= 11 is 0. The second-order valence-electron chi connectivity index (χ2n) is 4.77. The lowest BCUT2D eigenvalue weighted by atomic mass is 10.0. The van der Waals surface area contributed by atoms with Crippen molar-refractivity contribution in [3.05, 3.63) is 47.8 Å². The summed E-state index contributed by atoms with van der Waals surface area (Å²) in [6.07, 6.45) is 5.74. The molecule has 1 unspecified atom stereocenters. The van der Waals surface area contributed by atoms with Crippen LogP contribution in [0.3, 0.4) is 0 Å². The molecule has 1 atom stereocenters. The minimum Gasteiger partial charge on any atom is -0.496 e. The van der Waals surface area contributed by atoms with Crippen LogP contribution in [0, 0.1) is 0 Å². The molecule has 1 aromatic carbocycles. The van der Waals surface area contributed by atoms with Crippen LogP contribution >= 0.6 is 0 Å². The fourth-order valence-corrected chi connectivity index (χ4v) is 2.28. The van der Waals surface area contributed by atoms with Crippen LogP contribution in [0.5, 0.6) is 5.75 Å². The Morgan fingerprint density at radius 2 is 2.20 bits per heavy atom. The van der Waals surface area contributed by atoms with Gasteiger partial charge in [-0.1, -0.05) is 25.1 Å². The molecule has 108 valence electrons. The molecule has 0 spiro atoms. The van der Waals surface area contributed by atoms with Gasteiger partial charge in [-0.25, -0.2) is 0 Å². The number of hydrazine groups is 1. The third-order valence-corrected chi connectivity index (χ3v) is 3.33. The molecule has 0 aliphatic heterocycles. The van der Waals surface area contributed by atoms with Crippen molar-refractivity contribution in [1.29, 1.82) is 0 Å². The number of nitrogens with one attached hydrogen (secondary N) is 1. The first-order valence-electron chi connectivity index (χ1n) is 6.88. The SMILES string of the molecule is CCCn1cc(C(Cc2ccccc2OC)NN)cn1. The molecule has 0 aliphatic rings. The Bertz CT molecular complexity index is 538. The van der Waals surface area contributed by atoms with E-state index in [1.165, 1.54) is 0 Å².